The summed E-state index contributed by atoms with van der Waals surface area (Å²) in [6.45, 7) is 2.28. The second-order valence-corrected chi connectivity index (χ2v) is 7.74. The van der Waals surface area contributed by atoms with Gasteiger partial charge in [0.2, 0.25) is 0 Å². The number of carbonyl (C=O) groups excluding carboxylic acids is 2. The molecule has 0 aliphatic carbocycles. The molecule has 1 aliphatic heterocycles. The molecule has 4 aromatic rings. The van der Waals surface area contributed by atoms with Crippen molar-refractivity contribution >= 4 is 22.7 Å². The summed E-state index contributed by atoms with van der Waals surface area (Å²) in [7, 11) is 0. The van der Waals surface area contributed by atoms with E-state index in [2.05, 4.69) is 20.9 Å². The number of benzene rings is 2. The highest BCUT2D eigenvalue weighted by Gasteiger charge is 2.19. The number of hydrazine groups is 1. The Balaban J connectivity index is 1.33. The topological polar surface area (TPSA) is 111 Å². The van der Waals surface area contributed by atoms with E-state index in [-0.39, 0.29) is 22.4 Å². The van der Waals surface area contributed by atoms with E-state index in [1.807, 2.05) is 0 Å². The molecular formula is C23H19FN6O3. The quantitative estimate of drug-likeness (QED) is 0.468. The normalized spacial score (nSPS) is 12.5. The molecule has 9 nitrogen and oxygen atoms in total. The molecule has 2 amide bonds. The molecule has 0 saturated carbocycles. The Labute approximate surface area is 186 Å². The molecule has 2 N–H and O–H groups in total. The fourth-order valence-electron chi connectivity index (χ4n) is 3.98. The van der Waals surface area contributed by atoms with Crippen LogP contribution >= 0.6 is 0 Å². The Kier molecular flexibility index (Phi) is 4.97. The van der Waals surface area contributed by atoms with E-state index < -0.39 is 17.6 Å². The third kappa shape index (κ3) is 3.55. The van der Waals surface area contributed by atoms with Gasteiger partial charge in [0.25, 0.3) is 17.4 Å². The summed E-state index contributed by atoms with van der Waals surface area (Å²) in [5.41, 5.74) is 6.08. The van der Waals surface area contributed by atoms with Crippen molar-refractivity contribution in [2.24, 2.45) is 0 Å². The highest BCUT2D eigenvalue weighted by atomic mass is 19.1. The maximum Gasteiger partial charge on any atom is 0.273 e. The van der Waals surface area contributed by atoms with Crippen LogP contribution in [0.4, 0.5) is 4.39 Å². The number of hydrogen-bond acceptors (Lipinski definition) is 5. The van der Waals surface area contributed by atoms with Gasteiger partial charge < -0.3 is 0 Å². The molecule has 2 aromatic carbocycles. The first-order valence-corrected chi connectivity index (χ1v) is 10.4. The van der Waals surface area contributed by atoms with Gasteiger partial charge in [-0.15, -0.1) is 0 Å². The molecule has 3 heterocycles. The van der Waals surface area contributed by atoms with Gasteiger partial charge in [0, 0.05) is 18.5 Å². The number of aromatic nitrogens is 4. The molecule has 2 aromatic heterocycles. The lowest BCUT2D eigenvalue weighted by Gasteiger charge is -2.09. The van der Waals surface area contributed by atoms with Crippen molar-refractivity contribution in [1.29, 1.82) is 0 Å². The summed E-state index contributed by atoms with van der Waals surface area (Å²) < 4.78 is 17.0. The minimum Gasteiger partial charge on any atom is -0.296 e. The van der Waals surface area contributed by atoms with Gasteiger partial charge in [-0.3, -0.25) is 29.8 Å². The zero-order valence-corrected chi connectivity index (χ0v) is 17.6. The van der Waals surface area contributed by atoms with Crippen molar-refractivity contribution in [3.05, 3.63) is 87.5 Å². The Morgan fingerprint density at radius 1 is 1.09 bits per heavy atom. The van der Waals surface area contributed by atoms with Crippen LogP contribution in [0.3, 0.4) is 0 Å². The smallest absolute Gasteiger partial charge is 0.273 e. The van der Waals surface area contributed by atoms with Gasteiger partial charge in [0.1, 0.15) is 17.3 Å². The number of fused-ring (bicyclic) bond motifs is 2. The Morgan fingerprint density at radius 3 is 2.70 bits per heavy atom. The van der Waals surface area contributed by atoms with Gasteiger partial charge >= 0.3 is 0 Å². The minimum absolute atomic E-state index is 0.116. The Bertz CT molecular complexity index is 1490. The highest BCUT2D eigenvalue weighted by molar-refractivity contribution is 6.01. The number of nitrogens with one attached hydrogen (secondary N) is 2. The van der Waals surface area contributed by atoms with Crippen LogP contribution in [0.1, 0.15) is 38.7 Å². The van der Waals surface area contributed by atoms with E-state index in [9.17, 15) is 18.8 Å². The largest absolute Gasteiger partial charge is 0.296 e. The van der Waals surface area contributed by atoms with E-state index in [0.717, 1.165) is 12.8 Å². The number of aryl methyl sites for hydroxylation is 1. The molecule has 0 saturated heterocycles. The van der Waals surface area contributed by atoms with Crippen LogP contribution in [-0.4, -0.2) is 31.1 Å². The molecule has 0 radical (unpaired) electrons. The van der Waals surface area contributed by atoms with Crippen LogP contribution in [0, 0.1) is 12.7 Å². The third-order valence-electron chi connectivity index (χ3n) is 5.70. The summed E-state index contributed by atoms with van der Waals surface area (Å²) >= 11 is 0. The molecule has 0 spiro atoms. The minimum atomic E-state index is -0.599. The van der Waals surface area contributed by atoms with E-state index >= 15 is 0 Å². The number of amides is 2. The van der Waals surface area contributed by atoms with Gasteiger partial charge in [-0.05, 0) is 43.7 Å². The second kappa shape index (κ2) is 7.97. The molecule has 33 heavy (non-hydrogen) atoms. The van der Waals surface area contributed by atoms with E-state index in [0.29, 0.717) is 29.0 Å². The van der Waals surface area contributed by atoms with Gasteiger partial charge in [-0.1, -0.05) is 12.1 Å². The third-order valence-corrected chi connectivity index (χ3v) is 5.70. The molecule has 0 atom stereocenters. The van der Waals surface area contributed by atoms with Gasteiger partial charge in [0.05, 0.1) is 28.4 Å². The number of hydrogen-bond donors (Lipinski definition) is 2. The average molecular weight is 446 g/mol. The van der Waals surface area contributed by atoms with Crippen molar-refractivity contribution in [3.8, 4) is 5.69 Å². The zero-order valence-electron chi connectivity index (χ0n) is 17.6. The first-order valence-electron chi connectivity index (χ1n) is 10.4. The Hall–Kier alpha value is -4.34. The molecule has 10 heteroatoms. The lowest BCUT2D eigenvalue weighted by Crippen LogP contribution is -2.41. The summed E-state index contributed by atoms with van der Waals surface area (Å²) in [6.07, 6.45) is 2.89. The van der Waals surface area contributed by atoms with Crippen molar-refractivity contribution in [2.75, 3.05) is 0 Å². The molecule has 0 bridgehead atoms. The lowest BCUT2D eigenvalue weighted by atomic mass is 10.1. The molecule has 166 valence electrons. The monoisotopic (exact) mass is 446 g/mol. The average Bonchev–Trinajstić information content (AvgIpc) is 3.44. The van der Waals surface area contributed by atoms with Crippen molar-refractivity contribution < 1.29 is 14.0 Å². The lowest BCUT2D eigenvalue weighted by molar-refractivity contribution is 0.0846. The molecular weight excluding hydrogens is 427 g/mol. The summed E-state index contributed by atoms with van der Waals surface area (Å²) in [6, 6.07) is 10.7. The fraction of sp³-hybridized carbons (Fsp3) is 0.174. The van der Waals surface area contributed by atoms with Crippen molar-refractivity contribution in [3.63, 3.8) is 0 Å². The SMILES string of the molecule is Cc1c(C(=O)NNC(=O)c2ccc3c(=O)n4c(nc3c2)CCC4)cnn1-c1ccccc1F. The predicted octanol–water partition coefficient (Wildman–Crippen LogP) is 2.05. The van der Waals surface area contributed by atoms with E-state index in [1.54, 1.807) is 35.8 Å². The molecule has 0 unspecified atom stereocenters. The maximum absolute atomic E-state index is 14.1. The Morgan fingerprint density at radius 2 is 1.88 bits per heavy atom. The number of para-hydroxylation sites is 1. The van der Waals surface area contributed by atoms with Crippen LogP contribution in [0.25, 0.3) is 16.6 Å². The van der Waals surface area contributed by atoms with Crippen LogP contribution < -0.4 is 16.4 Å². The first-order chi connectivity index (χ1) is 15.9. The summed E-state index contributed by atoms with van der Waals surface area (Å²) in [4.78, 5) is 42.2. The van der Waals surface area contributed by atoms with E-state index in [4.69, 9.17) is 0 Å². The standard InChI is InChI=1S/C23H19FN6O3/c1-13-16(12-25-30(13)19-6-3-2-5-17(19)24)22(32)28-27-21(31)14-8-9-15-18(11-14)26-20-7-4-10-29(20)23(15)33/h2-3,5-6,8-9,11-12H,4,7,10H2,1H3,(H,27,31)(H,28,32). The van der Waals surface area contributed by atoms with Gasteiger partial charge in [-0.2, -0.15) is 5.10 Å². The molecule has 1 aliphatic rings. The summed E-state index contributed by atoms with van der Waals surface area (Å²) in [5.74, 6) is -0.926. The molecule has 5 rings (SSSR count). The maximum atomic E-state index is 14.1. The van der Waals surface area contributed by atoms with Crippen LogP contribution in [0.5, 0.6) is 0 Å². The summed E-state index contributed by atoms with van der Waals surface area (Å²) in [5, 5.41) is 4.53. The van der Waals surface area contributed by atoms with Crippen LogP contribution in [-0.2, 0) is 13.0 Å². The van der Waals surface area contributed by atoms with Crippen LogP contribution in [0.2, 0.25) is 0 Å². The van der Waals surface area contributed by atoms with Crippen molar-refractivity contribution in [2.45, 2.75) is 26.3 Å². The van der Waals surface area contributed by atoms with Gasteiger partial charge in [-0.25, -0.2) is 14.1 Å². The predicted molar refractivity (Wildman–Crippen MR) is 118 cm³/mol. The number of carbonyl (C=O) groups is 2. The number of nitrogens with zero attached hydrogens (tertiary/aromatic N) is 4. The fourth-order valence-corrected chi connectivity index (χ4v) is 3.98. The number of halogens is 1. The van der Waals surface area contributed by atoms with Crippen LogP contribution in [0.15, 0.2) is 53.5 Å². The highest BCUT2D eigenvalue weighted by Crippen LogP contribution is 2.18. The van der Waals surface area contributed by atoms with Gasteiger partial charge in [0.15, 0.2) is 0 Å². The van der Waals surface area contributed by atoms with E-state index in [1.165, 1.54) is 29.1 Å². The number of rotatable bonds is 3. The molecule has 0 fully saturated rings. The second-order valence-electron chi connectivity index (χ2n) is 7.74. The van der Waals surface area contributed by atoms with Crippen molar-refractivity contribution in [1.82, 2.24) is 30.2 Å². The first kappa shape index (κ1) is 20.6. The zero-order chi connectivity index (χ0) is 23.1.